The van der Waals surface area contributed by atoms with Crippen LogP contribution in [0, 0.1) is 5.82 Å². The van der Waals surface area contributed by atoms with Crippen LogP contribution in [-0.4, -0.2) is 24.7 Å². The van der Waals surface area contributed by atoms with Gasteiger partial charge in [0.1, 0.15) is 5.82 Å². The molecule has 0 saturated heterocycles. The number of nitrogens with two attached hydrogens (primary N) is 1. The van der Waals surface area contributed by atoms with E-state index < -0.39 is 0 Å². The minimum absolute atomic E-state index is 0.00987. The first-order chi connectivity index (χ1) is 7.72. The highest BCUT2D eigenvalue weighted by atomic mass is 32.2. The van der Waals surface area contributed by atoms with Gasteiger partial charge in [0.15, 0.2) is 0 Å². The van der Waals surface area contributed by atoms with E-state index in [0.29, 0.717) is 19.5 Å². The van der Waals surface area contributed by atoms with E-state index in [-0.39, 0.29) is 11.7 Å². The largest absolute Gasteiger partial charge is 0.330 e. The van der Waals surface area contributed by atoms with E-state index >= 15 is 0 Å². The van der Waals surface area contributed by atoms with Crippen LogP contribution in [0.4, 0.5) is 10.1 Å². The molecule has 0 aliphatic carbocycles. The van der Waals surface area contributed by atoms with Crippen molar-refractivity contribution < 1.29 is 9.18 Å². The fraction of sp³-hybridized carbons (Fsp3) is 0.364. The van der Waals surface area contributed by atoms with Gasteiger partial charge in [-0.15, -0.1) is 11.8 Å². The summed E-state index contributed by atoms with van der Waals surface area (Å²) in [5.74, 6) is 0.544. The number of rotatable bonds is 2. The molecule has 2 N–H and O–H groups in total. The van der Waals surface area contributed by atoms with Crippen LogP contribution in [0.1, 0.15) is 6.42 Å². The third-order valence-electron chi connectivity index (χ3n) is 2.44. The van der Waals surface area contributed by atoms with E-state index in [1.807, 2.05) is 0 Å². The van der Waals surface area contributed by atoms with Crippen LogP contribution in [0.3, 0.4) is 0 Å². The Morgan fingerprint density at radius 1 is 1.56 bits per heavy atom. The first-order valence-electron chi connectivity index (χ1n) is 5.15. The van der Waals surface area contributed by atoms with Gasteiger partial charge in [-0.2, -0.15) is 0 Å². The van der Waals surface area contributed by atoms with E-state index in [1.54, 1.807) is 22.7 Å². The lowest BCUT2D eigenvalue weighted by atomic mass is 10.2. The van der Waals surface area contributed by atoms with Gasteiger partial charge in [-0.05, 0) is 18.2 Å². The number of carbonyl (C=O) groups is 1. The molecule has 0 aromatic heterocycles. The number of hydrogen-bond acceptors (Lipinski definition) is 3. The summed E-state index contributed by atoms with van der Waals surface area (Å²) < 4.78 is 13.0. The van der Waals surface area contributed by atoms with Crippen molar-refractivity contribution in [2.24, 2.45) is 5.73 Å². The van der Waals surface area contributed by atoms with Crippen molar-refractivity contribution in [1.82, 2.24) is 0 Å². The average Bonchev–Trinajstić information content (AvgIpc) is 2.28. The smallest absolute Gasteiger partial charge is 0.228 e. The fourth-order valence-electron chi connectivity index (χ4n) is 1.71. The number of thioether (sulfide) groups is 1. The lowest BCUT2D eigenvalue weighted by Gasteiger charge is -2.28. The number of fused-ring (bicyclic) bond motifs is 1. The Morgan fingerprint density at radius 3 is 3.12 bits per heavy atom. The number of anilines is 1. The van der Waals surface area contributed by atoms with Gasteiger partial charge >= 0.3 is 0 Å². The molecule has 0 radical (unpaired) electrons. The van der Waals surface area contributed by atoms with Crippen molar-refractivity contribution in [2.75, 3.05) is 23.7 Å². The highest BCUT2D eigenvalue weighted by Crippen LogP contribution is 2.35. The van der Waals surface area contributed by atoms with Crippen molar-refractivity contribution in [3.8, 4) is 0 Å². The molecule has 0 spiro atoms. The highest BCUT2D eigenvalue weighted by molar-refractivity contribution is 7.99. The third kappa shape index (κ3) is 2.20. The summed E-state index contributed by atoms with van der Waals surface area (Å²) in [5, 5.41) is 0. The number of hydrogen-bond donors (Lipinski definition) is 1. The summed E-state index contributed by atoms with van der Waals surface area (Å²) in [7, 11) is 0. The van der Waals surface area contributed by atoms with Crippen LogP contribution in [0.2, 0.25) is 0 Å². The molecule has 1 aliphatic heterocycles. The van der Waals surface area contributed by atoms with Crippen LogP contribution in [-0.2, 0) is 4.79 Å². The van der Waals surface area contributed by atoms with Crippen LogP contribution in [0.5, 0.6) is 0 Å². The molecule has 86 valence electrons. The maximum absolute atomic E-state index is 13.0. The normalized spacial score (nSPS) is 14.8. The molecule has 1 aromatic carbocycles. The molecule has 1 aliphatic rings. The quantitative estimate of drug-likeness (QED) is 0.854. The third-order valence-corrected chi connectivity index (χ3v) is 3.47. The Bertz CT molecular complexity index is 411. The molecular formula is C11H13FN2OS. The van der Waals surface area contributed by atoms with Gasteiger partial charge in [0, 0.05) is 30.2 Å². The zero-order valence-electron chi connectivity index (χ0n) is 8.78. The molecule has 0 bridgehead atoms. The van der Waals surface area contributed by atoms with E-state index in [0.717, 1.165) is 16.3 Å². The summed E-state index contributed by atoms with van der Waals surface area (Å²) >= 11 is 1.58. The first kappa shape index (κ1) is 11.4. The van der Waals surface area contributed by atoms with Crippen molar-refractivity contribution in [3.05, 3.63) is 24.0 Å². The summed E-state index contributed by atoms with van der Waals surface area (Å²) in [6, 6.07) is 4.51. The van der Waals surface area contributed by atoms with E-state index in [1.165, 1.54) is 12.1 Å². The molecule has 2 rings (SSSR count). The van der Waals surface area contributed by atoms with Gasteiger partial charge in [-0.25, -0.2) is 4.39 Å². The second kappa shape index (κ2) is 4.84. The van der Waals surface area contributed by atoms with E-state index in [4.69, 9.17) is 5.73 Å². The van der Waals surface area contributed by atoms with Gasteiger partial charge in [-0.1, -0.05) is 0 Å². The Hall–Kier alpha value is -1.07. The molecular weight excluding hydrogens is 227 g/mol. The summed E-state index contributed by atoms with van der Waals surface area (Å²) in [6.45, 7) is 1.02. The fourth-order valence-corrected chi connectivity index (χ4v) is 2.73. The zero-order chi connectivity index (χ0) is 11.5. The van der Waals surface area contributed by atoms with Gasteiger partial charge in [0.2, 0.25) is 5.91 Å². The Labute approximate surface area is 97.8 Å². The molecule has 0 fully saturated rings. The highest BCUT2D eigenvalue weighted by Gasteiger charge is 2.22. The van der Waals surface area contributed by atoms with E-state index in [9.17, 15) is 9.18 Å². The Balaban J connectivity index is 2.29. The molecule has 5 heteroatoms. The van der Waals surface area contributed by atoms with Gasteiger partial charge < -0.3 is 10.6 Å². The monoisotopic (exact) mass is 240 g/mol. The van der Waals surface area contributed by atoms with Crippen LogP contribution >= 0.6 is 11.8 Å². The SMILES string of the molecule is NCCC(=O)N1CCSc2cc(F)ccc21. The number of amides is 1. The number of nitrogens with zero attached hydrogens (tertiary/aromatic N) is 1. The van der Waals surface area contributed by atoms with E-state index in [2.05, 4.69) is 0 Å². The summed E-state index contributed by atoms with van der Waals surface area (Å²) in [6.07, 6.45) is 0.335. The van der Waals surface area contributed by atoms with Crippen LogP contribution in [0.15, 0.2) is 23.1 Å². The van der Waals surface area contributed by atoms with Crippen LogP contribution < -0.4 is 10.6 Å². The molecule has 1 heterocycles. The molecule has 16 heavy (non-hydrogen) atoms. The van der Waals surface area contributed by atoms with Crippen molar-refractivity contribution in [1.29, 1.82) is 0 Å². The average molecular weight is 240 g/mol. The maximum Gasteiger partial charge on any atom is 0.228 e. The molecule has 3 nitrogen and oxygen atoms in total. The minimum atomic E-state index is -0.264. The standard InChI is InChI=1S/C11H13FN2OS/c12-8-1-2-9-10(7-8)16-6-5-14(9)11(15)3-4-13/h1-2,7H,3-6,13H2. The second-order valence-electron chi connectivity index (χ2n) is 3.54. The Morgan fingerprint density at radius 2 is 2.38 bits per heavy atom. The predicted octanol–water partition coefficient (Wildman–Crippen LogP) is 1.61. The molecule has 1 amide bonds. The second-order valence-corrected chi connectivity index (χ2v) is 4.68. The van der Waals surface area contributed by atoms with Gasteiger partial charge in [-0.3, -0.25) is 4.79 Å². The van der Waals surface area contributed by atoms with Gasteiger partial charge in [0.25, 0.3) is 0 Å². The lowest BCUT2D eigenvalue weighted by Crippen LogP contribution is -2.36. The minimum Gasteiger partial charge on any atom is -0.330 e. The zero-order valence-corrected chi connectivity index (χ0v) is 9.60. The number of benzene rings is 1. The maximum atomic E-state index is 13.0. The summed E-state index contributed by atoms with van der Waals surface area (Å²) in [5.41, 5.74) is 6.17. The predicted molar refractivity (Wildman–Crippen MR) is 63.1 cm³/mol. The molecule has 0 unspecified atom stereocenters. The van der Waals surface area contributed by atoms with Gasteiger partial charge in [0.05, 0.1) is 5.69 Å². The molecule has 0 saturated carbocycles. The van der Waals surface area contributed by atoms with Crippen molar-refractivity contribution in [2.45, 2.75) is 11.3 Å². The first-order valence-corrected chi connectivity index (χ1v) is 6.13. The topological polar surface area (TPSA) is 46.3 Å². The summed E-state index contributed by atoms with van der Waals surface area (Å²) in [4.78, 5) is 14.3. The number of halogens is 1. The van der Waals surface area contributed by atoms with Crippen molar-refractivity contribution >= 4 is 23.4 Å². The molecule has 1 aromatic rings. The number of carbonyl (C=O) groups excluding carboxylic acids is 1. The lowest BCUT2D eigenvalue weighted by molar-refractivity contribution is -0.118. The molecule has 0 atom stereocenters. The van der Waals surface area contributed by atoms with Crippen molar-refractivity contribution in [3.63, 3.8) is 0 Å². The Kier molecular flexibility index (Phi) is 3.46. The van der Waals surface area contributed by atoms with Crippen LogP contribution in [0.25, 0.3) is 0 Å².